The van der Waals surface area contributed by atoms with Crippen LogP contribution in [0.5, 0.6) is 0 Å². The number of sulfone groups is 1. The first-order chi connectivity index (χ1) is 11.8. The van der Waals surface area contributed by atoms with Crippen LogP contribution in [0.3, 0.4) is 0 Å². The number of esters is 1. The van der Waals surface area contributed by atoms with E-state index in [-0.39, 0.29) is 34.9 Å². The van der Waals surface area contributed by atoms with Gasteiger partial charge in [0.05, 0.1) is 30.3 Å². The van der Waals surface area contributed by atoms with Gasteiger partial charge in [0.2, 0.25) is 0 Å². The van der Waals surface area contributed by atoms with Crippen LogP contribution >= 0.6 is 0 Å². The summed E-state index contributed by atoms with van der Waals surface area (Å²) in [7, 11) is -3.42. The minimum atomic E-state index is -3.42. The molecule has 25 heavy (non-hydrogen) atoms. The van der Waals surface area contributed by atoms with Gasteiger partial charge in [0.15, 0.2) is 16.4 Å². The van der Waals surface area contributed by atoms with Gasteiger partial charge in [-0.2, -0.15) is 0 Å². The third kappa shape index (κ3) is 5.54. The molecular weight excluding hydrogens is 344 g/mol. The van der Waals surface area contributed by atoms with Crippen molar-refractivity contribution in [2.24, 2.45) is 5.92 Å². The quantitative estimate of drug-likeness (QED) is 0.682. The van der Waals surface area contributed by atoms with Gasteiger partial charge in [-0.05, 0) is 31.9 Å². The van der Waals surface area contributed by atoms with Gasteiger partial charge in [-0.3, -0.25) is 9.59 Å². The molecule has 138 valence electrons. The van der Waals surface area contributed by atoms with Crippen LogP contribution in [0, 0.1) is 5.92 Å². The number of likely N-dealkylation sites (tertiary alicyclic amines) is 1. The lowest BCUT2D eigenvalue weighted by atomic mass is 9.98. The third-order valence-corrected chi connectivity index (χ3v) is 5.36. The highest BCUT2D eigenvalue weighted by atomic mass is 32.2. The minimum absolute atomic E-state index is 0.0985. The Kier molecular flexibility index (Phi) is 6.55. The standard InChI is InChI=1S/C17H24N2O5S/c1-3-24-17(21)13-7-6-10-19(11-13)12-16(20)18-14-8-4-5-9-15(14)25(2,22)23/h4-5,8-9,13H,3,6-7,10-12H2,1-2H3,(H,18,20)/p+1/t13-/m1/s1. The van der Waals surface area contributed by atoms with Crippen LogP contribution in [0.1, 0.15) is 19.8 Å². The monoisotopic (exact) mass is 369 g/mol. The number of carbonyl (C=O) groups excluding carboxylic acids is 2. The SMILES string of the molecule is CCOC(=O)[C@@H]1CCC[NH+](CC(=O)Nc2ccccc2S(C)(=O)=O)C1. The van der Waals surface area contributed by atoms with Crippen molar-refractivity contribution in [3.8, 4) is 0 Å². The number of benzene rings is 1. The molecule has 1 aliphatic rings. The fraction of sp³-hybridized carbons (Fsp3) is 0.529. The van der Waals surface area contributed by atoms with Crippen molar-refractivity contribution < 1.29 is 27.6 Å². The molecule has 1 aromatic rings. The predicted octanol–water partition coefficient (Wildman–Crippen LogP) is -0.113. The Morgan fingerprint density at radius 1 is 1.32 bits per heavy atom. The summed E-state index contributed by atoms with van der Waals surface area (Å²) >= 11 is 0. The molecule has 1 unspecified atom stereocenters. The van der Waals surface area contributed by atoms with Gasteiger partial charge in [0.25, 0.3) is 5.91 Å². The number of hydrogen-bond donors (Lipinski definition) is 2. The van der Waals surface area contributed by atoms with Gasteiger partial charge in [0.1, 0.15) is 5.92 Å². The molecule has 1 aliphatic heterocycles. The molecule has 0 saturated carbocycles. The highest BCUT2D eigenvalue weighted by Crippen LogP contribution is 2.20. The van der Waals surface area contributed by atoms with Gasteiger partial charge in [-0.15, -0.1) is 0 Å². The van der Waals surface area contributed by atoms with Crippen LogP contribution in [0.25, 0.3) is 0 Å². The smallest absolute Gasteiger partial charge is 0.314 e. The maximum Gasteiger partial charge on any atom is 0.314 e. The molecule has 2 atom stereocenters. The molecule has 1 fully saturated rings. The number of rotatable bonds is 6. The van der Waals surface area contributed by atoms with E-state index in [1.165, 1.54) is 6.07 Å². The second-order valence-electron chi connectivity index (χ2n) is 6.29. The molecular formula is C17H25N2O5S+. The van der Waals surface area contributed by atoms with Gasteiger partial charge in [0, 0.05) is 6.26 Å². The first-order valence-corrected chi connectivity index (χ1v) is 10.3. The zero-order chi connectivity index (χ0) is 18.4. The van der Waals surface area contributed by atoms with Crippen molar-refractivity contribution in [1.29, 1.82) is 0 Å². The number of piperidine rings is 1. The van der Waals surface area contributed by atoms with Gasteiger partial charge in [-0.1, -0.05) is 12.1 Å². The van der Waals surface area contributed by atoms with E-state index in [9.17, 15) is 18.0 Å². The number of anilines is 1. The molecule has 2 N–H and O–H groups in total. The Hall–Kier alpha value is -1.93. The second-order valence-corrected chi connectivity index (χ2v) is 8.27. The number of nitrogens with one attached hydrogen (secondary N) is 2. The van der Waals surface area contributed by atoms with Crippen LogP contribution in [0.15, 0.2) is 29.2 Å². The number of quaternary nitrogens is 1. The van der Waals surface area contributed by atoms with Crippen LogP contribution in [-0.4, -0.2) is 52.8 Å². The average Bonchev–Trinajstić information content (AvgIpc) is 2.54. The predicted molar refractivity (Wildman–Crippen MR) is 93.1 cm³/mol. The van der Waals surface area contributed by atoms with E-state index in [1.54, 1.807) is 25.1 Å². The molecule has 0 spiro atoms. The lowest BCUT2D eigenvalue weighted by Crippen LogP contribution is -3.14. The largest absolute Gasteiger partial charge is 0.466 e. The molecule has 1 heterocycles. The molecule has 1 saturated heterocycles. The van der Waals surface area contributed by atoms with Crippen LogP contribution < -0.4 is 10.2 Å². The van der Waals surface area contributed by atoms with E-state index >= 15 is 0 Å². The van der Waals surface area contributed by atoms with E-state index in [0.717, 1.165) is 30.5 Å². The van der Waals surface area contributed by atoms with Gasteiger partial charge in [-0.25, -0.2) is 8.42 Å². The Labute approximate surface area is 148 Å². The number of para-hydroxylation sites is 1. The molecule has 0 aliphatic carbocycles. The molecule has 0 aromatic heterocycles. The summed E-state index contributed by atoms with van der Waals surface area (Å²) < 4.78 is 28.7. The highest BCUT2D eigenvalue weighted by Gasteiger charge is 2.31. The average molecular weight is 369 g/mol. The summed E-state index contributed by atoms with van der Waals surface area (Å²) in [6.07, 6.45) is 2.74. The van der Waals surface area contributed by atoms with Gasteiger partial charge >= 0.3 is 5.97 Å². The summed E-state index contributed by atoms with van der Waals surface area (Å²) in [6.45, 7) is 3.68. The summed E-state index contributed by atoms with van der Waals surface area (Å²) in [5.74, 6) is -0.655. The summed E-state index contributed by atoms with van der Waals surface area (Å²) in [5, 5.41) is 2.68. The summed E-state index contributed by atoms with van der Waals surface area (Å²) in [6, 6.07) is 6.33. The van der Waals surface area contributed by atoms with Gasteiger partial charge < -0.3 is 15.0 Å². The Balaban J connectivity index is 1.98. The fourth-order valence-electron chi connectivity index (χ4n) is 3.09. The second kappa shape index (κ2) is 8.44. The Bertz CT molecular complexity index is 732. The molecule has 1 aromatic carbocycles. The minimum Gasteiger partial charge on any atom is -0.466 e. The normalized spacial score (nSPS) is 20.7. The lowest BCUT2D eigenvalue weighted by molar-refractivity contribution is -0.899. The third-order valence-electron chi connectivity index (χ3n) is 4.21. The van der Waals surface area contributed by atoms with Crippen molar-refractivity contribution in [3.63, 3.8) is 0 Å². The van der Waals surface area contributed by atoms with Crippen molar-refractivity contribution >= 4 is 27.4 Å². The zero-order valence-electron chi connectivity index (χ0n) is 14.6. The maximum absolute atomic E-state index is 12.3. The lowest BCUT2D eigenvalue weighted by Gasteiger charge is -2.28. The van der Waals surface area contributed by atoms with E-state index in [4.69, 9.17) is 4.74 Å². The van der Waals surface area contributed by atoms with E-state index < -0.39 is 9.84 Å². The highest BCUT2D eigenvalue weighted by molar-refractivity contribution is 7.90. The topological polar surface area (TPSA) is 94.0 Å². The molecule has 0 bridgehead atoms. The van der Waals surface area contributed by atoms with Crippen LogP contribution in [0.4, 0.5) is 5.69 Å². The number of ether oxygens (including phenoxy) is 1. The van der Waals surface area contributed by atoms with Crippen molar-refractivity contribution in [2.45, 2.75) is 24.7 Å². The number of carbonyl (C=O) groups is 2. The molecule has 0 radical (unpaired) electrons. The molecule has 1 amide bonds. The maximum atomic E-state index is 12.3. The zero-order valence-corrected chi connectivity index (χ0v) is 15.4. The van der Waals surface area contributed by atoms with Crippen molar-refractivity contribution in [3.05, 3.63) is 24.3 Å². The van der Waals surface area contributed by atoms with E-state index in [2.05, 4.69) is 5.32 Å². The summed E-state index contributed by atoms with van der Waals surface area (Å²) in [5.41, 5.74) is 0.286. The Morgan fingerprint density at radius 2 is 2.04 bits per heavy atom. The van der Waals surface area contributed by atoms with Crippen molar-refractivity contribution in [1.82, 2.24) is 0 Å². The van der Waals surface area contributed by atoms with Crippen molar-refractivity contribution in [2.75, 3.05) is 37.8 Å². The molecule has 7 nitrogen and oxygen atoms in total. The summed E-state index contributed by atoms with van der Waals surface area (Å²) in [4.78, 5) is 25.3. The van der Waals surface area contributed by atoms with E-state index in [1.807, 2.05) is 0 Å². The van der Waals surface area contributed by atoms with Crippen LogP contribution in [-0.2, 0) is 24.2 Å². The Morgan fingerprint density at radius 3 is 2.72 bits per heavy atom. The first kappa shape index (κ1) is 19.4. The first-order valence-electron chi connectivity index (χ1n) is 8.40. The fourth-order valence-corrected chi connectivity index (χ4v) is 3.93. The molecule has 2 rings (SSSR count). The van der Waals surface area contributed by atoms with E-state index in [0.29, 0.717) is 13.2 Å². The van der Waals surface area contributed by atoms with Crippen LogP contribution in [0.2, 0.25) is 0 Å². The number of amides is 1. The number of hydrogen-bond acceptors (Lipinski definition) is 5. The molecule has 8 heteroatoms.